The van der Waals surface area contributed by atoms with Crippen LogP contribution in [-0.4, -0.2) is 25.0 Å². The van der Waals surface area contributed by atoms with Crippen molar-refractivity contribution in [1.82, 2.24) is 5.32 Å². The Kier molecular flexibility index (Phi) is 7.61. The van der Waals surface area contributed by atoms with E-state index < -0.39 is 11.7 Å². The Bertz CT molecular complexity index is 749. The van der Waals surface area contributed by atoms with Gasteiger partial charge in [0.1, 0.15) is 11.6 Å². The molecule has 2 N–H and O–H groups in total. The van der Waals surface area contributed by atoms with Gasteiger partial charge in [0.25, 0.3) is 11.8 Å². The van der Waals surface area contributed by atoms with E-state index in [0.717, 1.165) is 19.3 Å². The van der Waals surface area contributed by atoms with Crippen LogP contribution in [0.4, 0.5) is 10.1 Å². The van der Waals surface area contributed by atoms with Gasteiger partial charge >= 0.3 is 0 Å². The molecule has 0 aliphatic heterocycles. The van der Waals surface area contributed by atoms with E-state index in [9.17, 15) is 14.0 Å². The van der Waals surface area contributed by atoms with Crippen molar-refractivity contribution in [2.75, 3.05) is 18.5 Å². The summed E-state index contributed by atoms with van der Waals surface area (Å²) in [5.74, 6) is -0.962. The number of halogens is 1. The van der Waals surface area contributed by atoms with Crippen LogP contribution in [0.15, 0.2) is 48.5 Å². The summed E-state index contributed by atoms with van der Waals surface area (Å²) in [6.45, 7) is 2.36. The van der Waals surface area contributed by atoms with Crippen molar-refractivity contribution in [2.45, 2.75) is 26.2 Å². The molecule has 26 heavy (non-hydrogen) atoms. The van der Waals surface area contributed by atoms with Crippen LogP contribution in [0.25, 0.3) is 0 Å². The van der Waals surface area contributed by atoms with Crippen molar-refractivity contribution in [3.63, 3.8) is 0 Å². The third-order valence-corrected chi connectivity index (χ3v) is 3.70. The monoisotopic (exact) mass is 358 g/mol. The second kappa shape index (κ2) is 10.2. The van der Waals surface area contributed by atoms with Gasteiger partial charge in [0.15, 0.2) is 6.61 Å². The van der Waals surface area contributed by atoms with E-state index in [1.54, 1.807) is 30.3 Å². The number of nitrogens with one attached hydrogen (secondary N) is 2. The van der Waals surface area contributed by atoms with Crippen molar-refractivity contribution < 1.29 is 18.7 Å². The first-order valence-electron chi connectivity index (χ1n) is 8.66. The minimum Gasteiger partial charge on any atom is -0.483 e. The van der Waals surface area contributed by atoms with Gasteiger partial charge in [-0.25, -0.2) is 4.39 Å². The largest absolute Gasteiger partial charge is 0.483 e. The Morgan fingerprint density at radius 3 is 2.54 bits per heavy atom. The molecule has 2 aromatic rings. The van der Waals surface area contributed by atoms with Crippen molar-refractivity contribution in [1.29, 1.82) is 0 Å². The second-order valence-electron chi connectivity index (χ2n) is 5.78. The maximum Gasteiger partial charge on any atom is 0.262 e. The number of amides is 2. The number of anilines is 1. The smallest absolute Gasteiger partial charge is 0.262 e. The summed E-state index contributed by atoms with van der Waals surface area (Å²) < 4.78 is 19.0. The molecule has 0 fully saturated rings. The number of carbonyl (C=O) groups excluding carboxylic acids is 2. The van der Waals surface area contributed by atoms with Gasteiger partial charge in [0, 0.05) is 6.54 Å². The Labute approximate surface area is 152 Å². The summed E-state index contributed by atoms with van der Waals surface area (Å²) in [6.07, 6.45) is 3.04. The third kappa shape index (κ3) is 5.88. The van der Waals surface area contributed by atoms with E-state index in [-0.39, 0.29) is 18.2 Å². The van der Waals surface area contributed by atoms with Gasteiger partial charge in [-0.1, -0.05) is 44.0 Å². The van der Waals surface area contributed by atoms with Crippen LogP contribution in [0.2, 0.25) is 0 Å². The standard InChI is InChI=1S/C20H23FN2O3/c1-2-3-8-13-22-20(25)15-9-4-7-12-18(15)26-14-19(24)23-17-11-6-5-10-16(17)21/h4-7,9-12H,2-3,8,13-14H2,1H3,(H,22,25)(H,23,24). The van der Waals surface area contributed by atoms with E-state index in [2.05, 4.69) is 17.6 Å². The molecule has 6 heteroatoms. The molecule has 138 valence electrons. The maximum atomic E-state index is 13.5. The topological polar surface area (TPSA) is 67.4 Å². The number of hydrogen-bond donors (Lipinski definition) is 2. The van der Waals surface area contributed by atoms with Gasteiger partial charge < -0.3 is 15.4 Å². The molecular weight excluding hydrogens is 335 g/mol. The Morgan fingerprint density at radius 2 is 1.77 bits per heavy atom. The quantitative estimate of drug-likeness (QED) is 0.671. The highest BCUT2D eigenvalue weighted by Crippen LogP contribution is 2.18. The zero-order chi connectivity index (χ0) is 18.8. The van der Waals surface area contributed by atoms with Crippen LogP contribution in [0.3, 0.4) is 0 Å². The summed E-state index contributed by atoms with van der Waals surface area (Å²) in [7, 11) is 0. The number of carbonyl (C=O) groups is 2. The zero-order valence-corrected chi connectivity index (χ0v) is 14.8. The minimum absolute atomic E-state index is 0.0862. The zero-order valence-electron chi connectivity index (χ0n) is 14.8. The molecule has 0 aliphatic carbocycles. The first-order valence-corrected chi connectivity index (χ1v) is 8.66. The predicted molar refractivity (Wildman–Crippen MR) is 98.8 cm³/mol. The van der Waals surface area contributed by atoms with E-state index in [1.807, 2.05) is 0 Å². The van der Waals surface area contributed by atoms with Gasteiger partial charge in [-0.2, -0.15) is 0 Å². The fourth-order valence-electron chi connectivity index (χ4n) is 2.34. The van der Waals surface area contributed by atoms with Gasteiger partial charge in [-0.05, 0) is 30.7 Å². The fraction of sp³-hybridized carbons (Fsp3) is 0.300. The molecule has 0 atom stereocenters. The van der Waals surface area contributed by atoms with Crippen LogP contribution in [-0.2, 0) is 4.79 Å². The van der Waals surface area contributed by atoms with Crippen molar-refractivity contribution in [3.8, 4) is 5.75 Å². The van der Waals surface area contributed by atoms with E-state index in [1.165, 1.54) is 18.2 Å². The molecule has 0 saturated heterocycles. The molecule has 0 spiro atoms. The van der Waals surface area contributed by atoms with Gasteiger partial charge in [-0.3, -0.25) is 9.59 Å². The van der Waals surface area contributed by atoms with Crippen LogP contribution in [0.1, 0.15) is 36.5 Å². The van der Waals surface area contributed by atoms with Crippen LogP contribution >= 0.6 is 0 Å². The molecule has 0 saturated carbocycles. The lowest BCUT2D eigenvalue weighted by atomic mass is 10.2. The lowest BCUT2D eigenvalue weighted by Gasteiger charge is -2.12. The molecule has 2 amide bonds. The van der Waals surface area contributed by atoms with E-state index in [0.29, 0.717) is 17.9 Å². The fourth-order valence-corrected chi connectivity index (χ4v) is 2.34. The first-order chi connectivity index (χ1) is 12.6. The average molecular weight is 358 g/mol. The molecule has 0 aromatic heterocycles. The average Bonchev–Trinajstić information content (AvgIpc) is 2.65. The van der Waals surface area contributed by atoms with Crippen molar-refractivity contribution >= 4 is 17.5 Å². The molecule has 2 rings (SSSR count). The summed E-state index contributed by atoms with van der Waals surface area (Å²) in [6, 6.07) is 12.6. The van der Waals surface area contributed by atoms with Crippen molar-refractivity contribution in [2.24, 2.45) is 0 Å². The number of para-hydroxylation sites is 2. The number of ether oxygens (including phenoxy) is 1. The Morgan fingerprint density at radius 1 is 1.04 bits per heavy atom. The third-order valence-electron chi connectivity index (χ3n) is 3.70. The number of hydrogen-bond acceptors (Lipinski definition) is 3. The molecule has 0 heterocycles. The molecule has 5 nitrogen and oxygen atoms in total. The number of unbranched alkanes of at least 4 members (excludes halogenated alkanes) is 2. The summed E-state index contributed by atoms with van der Waals surface area (Å²) in [5.41, 5.74) is 0.450. The molecule has 0 bridgehead atoms. The predicted octanol–water partition coefficient (Wildman–Crippen LogP) is 3.76. The Hall–Kier alpha value is -2.89. The van der Waals surface area contributed by atoms with Crippen molar-refractivity contribution in [3.05, 3.63) is 59.9 Å². The van der Waals surface area contributed by atoms with Crippen LogP contribution in [0.5, 0.6) is 5.75 Å². The Balaban J connectivity index is 1.92. The number of rotatable bonds is 9. The lowest BCUT2D eigenvalue weighted by Crippen LogP contribution is -2.26. The highest BCUT2D eigenvalue weighted by molar-refractivity contribution is 5.97. The summed E-state index contributed by atoms with van der Waals surface area (Å²) in [5, 5.41) is 5.28. The maximum absolute atomic E-state index is 13.5. The second-order valence-corrected chi connectivity index (χ2v) is 5.78. The highest BCUT2D eigenvalue weighted by Gasteiger charge is 2.13. The van der Waals surface area contributed by atoms with Crippen LogP contribution < -0.4 is 15.4 Å². The molecule has 2 aromatic carbocycles. The van der Waals surface area contributed by atoms with Gasteiger partial charge in [0.2, 0.25) is 0 Å². The normalized spacial score (nSPS) is 10.2. The van der Waals surface area contributed by atoms with E-state index in [4.69, 9.17) is 4.74 Å². The summed E-state index contributed by atoms with van der Waals surface area (Å²) in [4.78, 5) is 24.2. The molecule has 0 unspecified atom stereocenters. The van der Waals surface area contributed by atoms with Gasteiger partial charge in [-0.15, -0.1) is 0 Å². The van der Waals surface area contributed by atoms with E-state index >= 15 is 0 Å². The molecular formula is C20H23FN2O3. The molecule has 0 aliphatic rings. The van der Waals surface area contributed by atoms with Crippen LogP contribution in [0, 0.1) is 5.82 Å². The molecule has 0 radical (unpaired) electrons. The summed E-state index contributed by atoms with van der Waals surface area (Å²) >= 11 is 0. The lowest BCUT2D eigenvalue weighted by molar-refractivity contribution is -0.118. The minimum atomic E-state index is -0.521. The SMILES string of the molecule is CCCCCNC(=O)c1ccccc1OCC(=O)Nc1ccccc1F. The first kappa shape index (κ1) is 19.4. The van der Waals surface area contributed by atoms with Gasteiger partial charge in [0.05, 0.1) is 11.3 Å². The number of benzene rings is 2. The highest BCUT2D eigenvalue weighted by atomic mass is 19.1.